The Labute approximate surface area is 79.8 Å². The van der Waals surface area contributed by atoms with Gasteiger partial charge < -0.3 is 10.2 Å². The fraction of sp³-hybridized carbons (Fsp3) is 0.700. The minimum atomic E-state index is 0.193. The molecule has 0 aromatic rings. The Bertz CT molecular complexity index is 191. The van der Waals surface area contributed by atoms with E-state index in [0.29, 0.717) is 12.5 Å². The van der Waals surface area contributed by atoms with Crippen molar-refractivity contribution in [1.82, 2.24) is 10.2 Å². The Morgan fingerprint density at radius 1 is 1.46 bits per heavy atom. The number of nitrogens with one attached hydrogen (secondary N) is 1. The second kappa shape index (κ2) is 5.02. The summed E-state index contributed by atoms with van der Waals surface area (Å²) < 4.78 is 0. The maximum absolute atomic E-state index is 11.2. The molecule has 0 aromatic heterocycles. The lowest BCUT2D eigenvalue weighted by atomic mass is 10.2. The first-order valence-corrected chi connectivity index (χ1v) is 4.78. The molecule has 0 aromatic carbocycles. The van der Waals surface area contributed by atoms with Crippen LogP contribution in [0, 0.1) is 0 Å². The van der Waals surface area contributed by atoms with Crippen molar-refractivity contribution >= 4 is 5.91 Å². The van der Waals surface area contributed by atoms with Crippen LogP contribution in [0.25, 0.3) is 0 Å². The van der Waals surface area contributed by atoms with Crippen LogP contribution in [-0.4, -0.2) is 37.5 Å². The molecule has 0 atom stereocenters. The summed E-state index contributed by atoms with van der Waals surface area (Å²) in [5, 5.41) is 3.36. The van der Waals surface area contributed by atoms with Crippen LogP contribution < -0.4 is 5.32 Å². The molecule has 13 heavy (non-hydrogen) atoms. The normalized spacial score (nSPS) is 16.5. The molecule has 1 amide bonds. The summed E-state index contributed by atoms with van der Waals surface area (Å²) in [6.07, 6.45) is 7.19. The molecule has 0 saturated carbocycles. The van der Waals surface area contributed by atoms with Crippen molar-refractivity contribution in [3.05, 3.63) is 12.2 Å². The largest absolute Gasteiger partial charge is 0.349 e. The van der Waals surface area contributed by atoms with Crippen molar-refractivity contribution in [3.8, 4) is 0 Å². The van der Waals surface area contributed by atoms with Gasteiger partial charge >= 0.3 is 0 Å². The third-order valence-corrected chi connectivity index (χ3v) is 2.28. The standard InChI is InChI=1S/C10H18N2O/c1-12(2)10(13)7-8-11-9-5-3-4-6-9/h3-4,9,11H,5-8H2,1-2H3. The van der Waals surface area contributed by atoms with Crippen molar-refractivity contribution in [1.29, 1.82) is 0 Å². The molecule has 0 saturated heterocycles. The Morgan fingerprint density at radius 3 is 2.62 bits per heavy atom. The van der Waals surface area contributed by atoms with E-state index in [2.05, 4.69) is 17.5 Å². The highest BCUT2D eigenvalue weighted by Crippen LogP contribution is 2.08. The predicted molar refractivity (Wildman–Crippen MR) is 53.5 cm³/mol. The van der Waals surface area contributed by atoms with E-state index in [4.69, 9.17) is 0 Å². The van der Waals surface area contributed by atoms with Gasteiger partial charge in [0, 0.05) is 33.1 Å². The van der Waals surface area contributed by atoms with Crippen molar-refractivity contribution in [2.45, 2.75) is 25.3 Å². The Hall–Kier alpha value is -0.830. The van der Waals surface area contributed by atoms with Crippen LogP contribution in [0.5, 0.6) is 0 Å². The summed E-state index contributed by atoms with van der Waals surface area (Å²) >= 11 is 0. The summed E-state index contributed by atoms with van der Waals surface area (Å²) in [7, 11) is 3.58. The van der Waals surface area contributed by atoms with Crippen LogP contribution in [0.3, 0.4) is 0 Å². The zero-order chi connectivity index (χ0) is 9.68. The van der Waals surface area contributed by atoms with Crippen LogP contribution >= 0.6 is 0 Å². The van der Waals surface area contributed by atoms with E-state index >= 15 is 0 Å². The highest BCUT2D eigenvalue weighted by atomic mass is 16.2. The average Bonchev–Trinajstić information content (AvgIpc) is 2.56. The maximum atomic E-state index is 11.2. The van der Waals surface area contributed by atoms with Crippen molar-refractivity contribution in [2.24, 2.45) is 0 Å². The smallest absolute Gasteiger partial charge is 0.223 e. The molecule has 1 rings (SSSR count). The molecular weight excluding hydrogens is 164 g/mol. The van der Waals surface area contributed by atoms with Crippen LogP contribution in [0.4, 0.5) is 0 Å². The SMILES string of the molecule is CN(C)C(=O)CCNC1CC=CC1. The van der Waals surface area contributed by atoms with E-state index in [1.165, 1.54) is 0 Å². The third kappa shape index (κ3) is 3.59. The van der Waals surface area contributed by atoms with Crippen LogP contribution in [0.15, 0.2) is 12.2 Å². The third-order valence-electron chi connectivity index (χ3n) is 2.28. The van der Waals surface area contributed by atoms with Gasteiger partial charge in [-0.3, -0.25) is 4.79 Å². The lowest BCUT2D eigenvalue weighted by Crippen LogP contribution is -2.31. The molecule has 3 heteroatoms. The first kappa shape index (κ1) is 10.3. The van der Waals surface area contributed by atoms with Gasteiger partial charge in [-0.25, -0.2) is 0 Å². The second-order valence-corrected chi connectivity index (χ2v) is 3.63. The molecule has 0 heterocycles. The summed E-state index contributed by atoms with van der Waals surface area (Å²) in [6, 6.07) is 0.565. The zero-order valence-electron chi connectivity index (χ0n) is 8.42. The zero-order valence-corrected chi connectivity index (χ0v) is 8.42. The van der Waals surface area contributed by atoms with Gasteiger partial charge in [-0.05, 0) is 12.8 Å². The summed E-state index contributed by atoms with van der Waals surface area (Å²) in [6.45, 7) is 0.795. The number of hydrogen-bond donors (Lipinski definition) is 1. The van der Waals surface area contributed by atoms with E-state index in [1.807, 2.05) is 0 Å². The summed E-state index contributed by atoms with van der Waals surface area (Å²) in [5.41, 5.74) is 0. The molecule has 1 N–H and O–H groups in total. The molecule has 1 aliphatic rings. The monoisotopic (exact) mass is 182 g/mol. The van der Waals surface area contributed by atoms with Gasteiger partial charge in [0.05, 0.1) is 0 Å². The molecule has 0 unspecified atom stereocenters. The van der Waals surface area contributed by atoms with E-state index < -0.39 is 0 Å². The quantitative estimate of drug-likeness (QED) is 0.651. The molecule has 3 nitrogen and oxygen atoms in total. The molecule has 0 aliphatic heterocycles. The van der Waals surface area contributed by atoms with Gasteiger partial charge in [-0.2, -0.15) is 0 Å². The summed E-state index contributed by atoms with van der Waals surface area (Å²) in [4.78, 5) is 12.8. The number of rotatable bonds is 4. The van der Waals surface area contributed by atoms with E-state index in [0.717, 1.165) is 19.4 Å². The van der Waals surface area contributed by atoms with Gasteiger partial charge in [-0.15, -0.1) is 0 Å². The van der Waals surface area contributed by atoms with Gasteiger partial charge in [0.25, 0.3) is 0 Å². The van der Waals surface area contributed by atoms with Gasteiger partial charge in [0.1, 0.15) is 0 Å². The van der Waals surface area contributed by atoms with Crippen molar-refractivity contribution < 1.29 is 4.79 Å². The highest BCUT2D eigenvalue weighted by molar-refractivity contribution is 5.75. The molecule has 74 valence electrons. The Morgan fingerprint density at radius 2 is 2.08 bits per heavy atom. The van der Waals surface area contributed by atoms with Crippen LogP contribution in [0.1, 0.15) is 19.3 Å². The maximum Gasteiger partial charge on any atom is 0.223 e. The highest BCUT2D eigenvalue weighted by Gasteiger charge is 2.09. The topological polar surface area (TPSA) is 32.3 Å². The minimum absolute atomic E-state index is 0.193. The first-order chi connectivity index (χ1) is 6.20. The first-order valence-electron chi connectivity index (χ1n) is 4.78. The number of carbonyl (C=O) groups is 1. The molecular formula is C10H18N2O. The summed E-state index contributed by atoms with van der Waals surface area (Å²) in [5.74, 6) is 0.193. The van der Waals surface area contributed by atoms with Gasteiger partial charge in [0.2, 0.25) is 5.91 Å². The van der Waals surface area contributed by atoms with Crippen LogP contribution in [-0.2, 0) is 4.79 Å². The number of hydrogen-bond acceptors (Lipinski definition) is 2. The van der Waals surface area contributed by atoms with Crippen molar-refractivity contribution in [3.63, 3.8) is 0 Å². The predicted octanol–water partition coefficient (Wildman–Crippen LogP) is 0.773. The average molecular weight is 182 g/mol. The van der Waals surface area contributed by atoms with E-state index in [9.17, 15) is 4.79 Å². The molecule has 0 bridgehead atoms. The van der Waals surface area contributed by atoms with E-state index in [1.54, 1.807) is 19.0 Å². The molecule has 1 aliphatic carbocycles. The number of amides is 1. The van der Waals surface area contributed by atoms with Gasteiger partial charge in [-0.1, -0.05) is 12.2 Å². The molecule has 0 fully saturated rings. The lowest BCUT2D eigenvalue weighted by molar-refractivity contribution is -0.128. The molecule has 0 spiro atoms. The number of carbonyl (C=O) groups excluding carboxylic acids is 1. The second-order valence-electron chi connectivity index (χ2n) is 3.63. The van der Waals surface area contributed by atoms with Crippen molar-refractivity contribution in [2.75, 3.05) is 20.6 Å². The molecule has 0 radical (unpaired) electrons. The van der Waals surface area contributed by atoms with E-state index in [-0.39, 0.29) is 5.91 Å². The fourth-order valence-corrected chi connectivity index (χ4v) is 1.39. The minimum Gasteiger partial charge on any atom is -0.349 e. The number of nitrogens with zero attached hydrogens (tertiary/aromatic N) is 1. The Balaban J connectivity index is 2.03. The fourth-order valence-electron chi connectivity index (χ4n) is 1.39. The van der Waals surface area contributed by atoms with Crippen LogP contribution in [0.2, 0.25) is 0 Å². The lowest BCUT2D eigenvalue weighted by Gasteiger charge is -2.13. The Kier molecular flexibility index (Phi) is 3.96. The van der Waals surface area contributed by atoms with Gasteiger partial charge in [0.15, 0.2) is 0 Å².